The highest BCUT2D eigenvalue weighted by Crippen LogP contribution is 2.24. The van der Waals surface area contributed by atoms with Gasteiger partial charge in [-0.25, -0.2) is 9.78 Å². The number of amides is 2. The van der Waals surface area contributed by atoms with Crippen molar-refractivity contribution in [2.24, 2.45) is 5.92 Å². The second-order valence-corrected chi connectivity index (χ2v) is 7.15. The van der Waals surface area contributed by atoms with Gasteiger partial charge in [-0.3, -0.25) is 0 Å². The van der Waals surface area contributed by atoms with Gasteiger partial charge in [0.25, 0.3) is 0 Å². The van der Waals surface area contributed by atoms with Crippen molar-refractivity contribution in [3.63, 3.8) is 0 Å². The molecule has 2 amide bonds. The molecular weight excluding hydrogens is 298 g/mol. The van der Waals surface area contributed by atoms with E-state index in [0.29, 0.717) is 13.1 Å². The molecule has 0 unspecified atom stereocenters. The van der Waals surface area contributed by atoms with Gasteiger partial charge in [-0.15, -0.1) is 11.3 Å². The monoisotopic (exact) mass is 325 g/mol. The van der Waals surface area contributed by atoms with Gasteiger partial charge >= 0.3 is 6.03 Å². The molecule has 2 rings (SSSR count). The van der Waals surface area contributed by atoms with E-state index in [2.05, 4.69) is 15.7 Å². The van der Waals surface area contributed by atoms with Gasteiger partial charge < -0.3 is 15.3 Å². The van der Waals surface area contributed by atoms with Crippen LogP contribution >= 0.6 is 11.3 Å². The number of hydrogen-bond acceptors (Lipinski definition) is 4. The highest BCUT2D eigenvalue weighted by atomic mass is 32.1. The molecule has 1 aromatic rings. The average molecular weight is 325 g/mol. The maximum absolute atomic E-state index is 12.1. The highest BCUT2D eigenvalue weighted by molar-refractivity contribution is 7.09. The lowest BCUT2D eigenvalue weighted by Gasteiger charge is -2.31. The fourth-order valence-electron chi connectivity index (χ4n) is 2.92. The number of aliphatic hydroxyl groups excluding tert-OH is 1. The second-order valence-electron chi connectivity index (χ2n) is 6.21. The zero-order valence-electron chi connectivity index (χ0n) is 13.5. The van der Waals surface area contributed by atoms with Gasteiger partial charge in [0, 0.05) is 43.5 Å². The number of rotatable bonds is 6. The molecular formula is C16H27N3O2S. The first-order valence-electron chi connectivity index (χ1n) is 8.14. The maximum atomic E-state index is 12.1. The molecule has 1 fully saturated rings. The molecule has 6 heteroatoms. The maximum Gasteiger partial charge on any atom is 0.317 e. The van der Waals surface area contributed by atoms with E-state index in [1.54, 1.807) is 23.3 Å². The zero-order valence-corrected chi connectivity index (χ0v) is 14.4. The summed E-state index contributed by atoms with van der Waals surface area (Å²) in [5.74, 6) is 0.225. The van der Waals surface area contributed by atoms with Gasteiger partial charge in [0.15, 0.2) is 0 Å². The molecule has 22 heavy (non-hydrogen) atoms. The van der Waals surface area contributed by atoms with Gasteiger partial charge in [0.2, 0.25) is 0 Å². The minimum Gasteiger partial charge on any atom is -0.393 e. The Balaban J connectivity index is 1.63. The molecule has 2 N–H and O–H groups in total. The molecule has 0 aromatic carbocycles. The van der Waals surface area contributed by atoms with Crippen LogP contribution in [0, 0.1) is 12.8 Å². The van der Waals surface area contributed by atoms with Crippen LogP contribution in [0.3, 0.4) is 0 Å². The van der Waals surface area contributed by atoms with Crippen molar-refractivity contribution in [2.75, 3.05) is 20.1 Å². The molecule has 1 aromatic heterocycles. The van der Waals surface area contributed by atoms with Crippen molar-refractivity contribution in [2.45, 2.75) is 51.6 Å². The number of nitrogens with zero attached hydrogens (tertiary/aromatic N) is 2. The fourth-order valence-corrected chi connectivity index (χ4v) is 3.74. The van der Waals surface area contributed by atoms with Crippen molar-refractivity contribution < 1.29 is 9.90 Å². The molecule has 1 saturated carbocycles. The molecule has 0 radical (unpaired) electrons. The number of urea groups is 1. The Bertz CT molecular complexity index is 478. The zero-order chi connectivity index (χ0) is 15.9. The Morgan fingerprint density at radius 1 is 1.50 bits per heavy atom. The summed E-state index contributed by atoms with van der Waals surface area (Å²) in [6, 6.07) is -0.0481. The minimum atomic E-state index is -0.253. The van der Waals surface area contributed by atoms with E-state index < -0.39 is 0 Å². The van der Waals surface area contributed by atoms with Crippen LogP contribution in [0.5, 0.6) is 0 Å². The summed E-state index contributed by atoms with van der Waals surface area (Å²) in [5, 5.41) is 16.1. The van der Waals surface area contributed by atoms with Crippen molar-refractivity contribution >= 4 is 17.4 Å². The van der Waals surface area contributed by atoms with Crippen molar-refractivity contribution in [3.05, 3.63) is 16.1 Å². The number of aryl methyl sites for hydroxylation is 2. The topological polar surface area (TPSA) is 65.5 Å². The lowest BCUT2D eigenvalue weighted by atomic mass is 9.86. The standard InChI is InChI=1S/C16H27N3O2S/c1-12-11-22-15(18-12)8-5-9-17-16(21)19(2)10-13-6-3-4-7-14(13)20/h11,13-14,20H,3-10H2,1-2H3,(H,17,21)/t13-,14-/m1/s1. The summed E-state index contributed by atoms with van der Waals surface area (Å²) in [7, 11) is 1.81. The smallest absolute Gasteiger partial charge is 0.317 e. The third kappa shape index (κ3) is 5.25. The van der Waals surface area contributed by atoms with Crippen LogP contribution in [0.15, 0.2) is 5.38 Å². The fraction of sp³-hybridized carbons (Fsp3) is 0.750. The molecule has 1 aliphatic rings. The predicted molar refractivity (Wildman–Crippen MR) is 89.2 cm³/mol. The first-order valence-corrected chi connectivity index (χ1v) is 9.02. The lowest BCUT2D eigenvalue weighted by molar-refractivity contribution is 0.0565. The van der Waals surface area contributed by atoms with E-state index in [1.807, 2.05) is 6.92 Å². The van der Waals surface area contributed by atoms with Crippen LogP contribution in [0.4, 0.5) is 4.79 Å². The van der Waals surface area contributed by atoms with Crippen LogP contribution in [-0.2, 0) is 6.42 Å². The van der Waals surface area contributed by atoms with Gasteiger partial charge in [-0.2, -0.15) is 0 Å². The number of aromatic nitrogens is 1. The van der Waals surface area contributed by atoms with Crippen LogP contribution in [0.2, 0.25) is 0 Å². The largest absolute Gasteiger partial charge is 0.393 e. The van der Waals surface area contributed by atoms with Crippen molar-refractivity contribution in [3.8, 4) is 0 Å². The van der Waals surface area contributed by atoms with Crippen LogP contribution in [-0.4, -0.2) is 47.3 Å². The van der Waals surface area contributed by atoms with Crippen molar-refractivity contribution in [1.82, 2.24) is 15.2 Å². The third-order valence-corrected chi connectivity index (χ3v) is 5.26. The first kappa shape index (κ1) is 17.2. The summed E-state index contributed by atoms with van der Waals surface area (Å²) >= 11 is 1.68. The number of carbonyl (C=O) groups is 1. The lowest BCUT2D eigenvalue weighted by Crippen LogP contribution is -2.43. The Morgan fingerprint density at radius 2 is 2.27 bits per heavy atom. The molecule has 0 aliphatic heterocycles. The van der Waals surface area contributed by atoms with E-state index in [-0.39, 0.29) is 18.1 Å². The Hall–Kier alpha value is -1.14. The first-order chi connectivity index (χ1) is 10.6. The Kier molecular flexibility index (Phi) is 6.64. The highest BCUT2D eigenvalue weighted by Gasteiger charge is 2.25. The minimum absolute atomic E-state index is 0.0481. The Labute approximate surface area is 136 Å². The molecule has 0 saturated heterocycles. The molecule has 1 heterocycles. The van der Waals surface area contributed by atoms with Crippen molar-refractivity contribution in [1.29, 1.82) is 0 Å². The molecule has 0 spiro atoms. The van der Waals surface area contributed by atoms with Crippen LogP contribution in [0.25, 0.3) is 0 Å². The number of thiazole rings is 1. The Morgan fingerprint density at radius 3 is 2.95 bits per heavy atom. The van der Waals surface area contributed by atoms with E-state index in [1.165, 1.54) is 0 Å². The third-order valence-electron chi connectivity index (χ3n) is 4.23. The van der Waals surface area contributed by atoms with Gasteiger partial charge in [-0.1, -0.05) is 12.8 Å². The molecule has 2 atom stereocenters. The number of aliphatic hydroxyl groups is 1. The summed E-state index contributed by atoms with van der Waals surface area (Å²) in [4.78, 5) is 18.2. The van der Waals surface area contributed by atoms with E-state index in [9.17, 15) is 9.90 Å². The molecule has 5 nitrogen and oxygen atoms in total. The summed E-state index contributed by atoms with van der Waals surface area (Å²) in [5.41, 5.74) is 1.06. The average Bonchev–Trinajstić information content (AvgIpc) is 2.91. The van der Waals surface area contributed by atoms with Gasteiger partial charge in [0.05, 0.1) is 11.1 Å². The molecule has 0 bridgehead atoms. The van der Waals surface area contributed by atoms with Crippen LogP contribution < -0.4 is 5.32 Å². The van der Waals surface area contributed by atoms with Gasteiger partial charge in [0.1, 0.15) is 0 Å². The second kappa shape index (κ2) is 8.48. The predicted octanol–water partition coefficient (Wildman–Crippen LogP) is 2.58. The molecule has 124 valence electrons. The molecule has 1 aliphatic carbocycles. The SMILES string of the molecule is Cc1csc(CCCNC(=O)N(C)C[C@H]2CCCC[C@H]2O)n1. The normalized spacial score (nSPS) is 21.6. The number of nitrogens with one attached hydrogen (secondary N) is 1. The quantitative estimate of drug-likeness (QED) is 0.790. The summed E-state index contributed by atoms with van der Waals surface area (Å²) < 4.78 is 0. The van der Waals surface area contributed by atoms with Gasteiger partial charge in [-0.05, 0) is 26.2 Å². The van der Waals surface area contributed by atoms with E-state index >= 15 is 0 Å². The number of hydrogen-bond donors (Lipinski definition) is 2. The van der Waals surface area contributed by atoms with Crippen LogP contribution in [0.1, 0.15) is 42.8 Å². The van der Waals surface area contributed by atoms with E-state index in [4.69, 9.17) is 0 Å². The summed E-state index contributed by atoms with van der Waals surface area (Å²) in [6.07, 6.45) is 5.70. The van der Waals surface area contributed by atoms with E-state index in [0.717, 1.165) is 49.2 Å². The number of carbonyl (C=O) groups excluding carboxylic acids is 1. The summed E-state index contributed by atoms with van der Waals surface area (Å²) in [6.45, 7) is 3.30.